The molecule has 2 aromatic carbocycles. The van der Waals surface area contributed by atoms with Gasteiger partial charge in [-0.05, 0) is 54.8 Å². The topological polar surface area (TPSA) is 73.9 Å². The predicted octanol–water partition coefficient (Wildman–Crippen LogP) is 4.80. The maximum absolute atomic E-state index is 12.7. The Labute approximate surface area is 194 Å². The minimum absolute atomic E-state index is 0.0597. The average molecular weight is 477 g/mol. The zero-order valence-electron chi connectivity index (χ0n) is 17.6. The van der Waals surface area contributed by atoms with Gasteiger partial charge in [0.2, 0.25) is 5.91 Å². The molecule has 0 radical (unpaired) electrons. The van der Waals surface area contributed by atoms with E-state index in [9.17, 15) is 9.59 Å². The lowest BCUT2D eigenvalue weighted by atomic mass is 10.0. The number of oxazole rings is 1. The van der Waals surface area contributed by atoms with Crippen LogP contribution in [-0.2, 0) is 4.79 Å². The Balaban J connectivity index is 1.45. The van der Waals surface area contributed by atoms with Crippen LogP contribution in [0.1, 0.15) is 24.4 Å². The first-order chi connectivity index (χ1) is 15.4. The quantitative estimate of drug-likeness (QED) is 0.494. The van der Waals surface area contributed by atoms with Crippen molar-refractivity contribution in [3.05, 3.63) is 62.6 Å². The number of rotatable bonds is 5. The lowest BCUT2D eigenvalue weighted by molar-refractivity contribution is -0.127. The first kappa shape index (κ1) is 22.3. The fourth-order valence-electron chi connectivity index (χ4n) is 4.00. The number of methoxy groups -OCH3 is 2. The van der Waals surface area contributed by atoms with Crippen LogP contribution in [-0.4, -0.2) is 42.7 Å². The van der Waals surface area contributed by atoms with E-state index < -0.39 is 5.76 Å². The number of likely N-dealkylation sites (tertiary alicyclic amines) is 1. The fraction of sp³-hybridized carbons (Fsp3) is 0.304. The normalized spacial score (nSPS) is 14.9. The van der Waals surface area contributed by atoms with Crippen molar-refractivity contribution in [3.8, 4) is 11.5 Å². The third-order valence-electron chi connectivity index (χ3n) is 5.64. The molecule has 0 N–H and O–H groups in total. The monoisotopic (exact) mass is 476 g/mol. The summed E-state index contributed by atoms with van der Waals surface area (Å²) in [6, 6.07) is 8.55. The molecule has 0 saturated carbocycles. The molecule has 0 aliphatic carbocycles. The van der Waals surface area contributed by atoms with E-state index in [1.165, 1.54) is 20.3 Å². The van der Waals surface area contributed by atoms with E-state index in [1.807, 2.05) is 0 Å². The molecule has 32 heavy (non-hydrogen) atoms. The van der Waals surface area contributed by atoms with Gasteiger partial charge in [-0.2, -0.15) is 0 Å². The molecule has 7 nitrogen and oxygen atoms in total. The molecule has 1 aliphatic rings. The summed E-state index contributed by atoms with van der Waals surface area (Å²) in [7, 11) is 3.04. The van der Waals surface area contributed by atoms with Crippen molar-refractivity contribution < 1.29 is 18.7 Å². The number of amides is 1. The Morgan fingerprint density at radius 3 is 2.56 bits per heavy atom. The van der Waals surface area contributed by atoms with Gasteiger partial charge in [0.15, 0.2) is 17.1 Å². The number of ether oxygens (including phenoxy) is 2. The number of fused-ring (bicyclic) bond motifs is 1. The minimum Gasteiger partial charge on any atom is -0.493 e. The molecule has 9 heteroatoms. The molecule has 1 aliphatic heterocycles. The molecule has 0 unspecified atom stereocenters. The second-order valence-corrected chi connectivity index (χ2v) is 8.26. The minimum atomic E-state index is -0.407. The lowest BCUT2D eigenvalue weighted by Crippen LogP contribution is -2.39. The zero-order valence-corrected chi connectivity index (χ0v) is 19.2. The van der Waals surface area contributed by atoms with Crippen LogP contribution in [0.15, 0.2) is 45.6 Å². The number of benzene rings is 2. The molecule has 1 aromatic heterocycles. The second kappa shape index (κ2) is 9.30. The maximum Gasteiger partial charge on any atom is 0.420 e. The van der Waals surface area contributed by atoms with Crippen LogP contribution >= 0.6 is 23.2 Å². The fourth-order valence-corrected chi connectivity index (χ4v) is 4.46. The van der Waals surface area contributed by atoms with Crippen molar-refractivity contribution >= 4 is 46.3 Å². The van der Waals surface area contributed by atoms with Crippen LogP contribution in [0.25, 0.3) is 17.2 Å². The largest absolute Gasteiger partial charge is 0.493 e. The Bertz CT molecular complexity index is 1240. The van der Waals surface area contributed by atoms with Crippen molar-refractivity contribution in [2.75, 3.05) is 27.3 Å². The number of hydrogen-bond acceptors (Lipinski definition) is 5. The van der Waals surface area contributed by atoms with Crippen molar-refractivity contribution in [1.29, 1.82) is 0 Å². The SMILES string of the molecule is COc1ccc(/C=C/C(=O)N2CCC(n3c(=O)oc4ccc(Cl)cc43)CC2)c(Cl)c1OC. The standard InChI is InChI=1S/C23H22Cl2N2O5/c1-30-19-6-3-14(21(25)22(19)31-2)4-8-20(28)26-11-9-16(10-12-26)27-17-13-15(24)5-7-18(17)32-23(27)29/h3-8,13,16H,9-12H2,1-2H3/b8-4+. The van der Waals surface area contributed by atoms with Crippen molar-refractivity contribution in [1.82, 2.24) is 9.47 Å². The Kier molecular flexibility index (Phi) is 6.48. The third-order valence-corrected chi connectivity index (χ3v) is 6.26. The Morgan fingerprint density at radius 2 is 1.88 bits per heavy atom. The molecule has 0 bridgehead atoms. The lowest BCUT2D eigenvalue weighted by Gasteiger charge is -2.31. The van der Waals surface area contributed by atoms with Crippen LogP contribution in [0.2, 0.25) is 10.0 Å². The number of piperidine rings is 1. The van der Waals surface area contributed by atoms with E-state index in [0.717, 1.165) is 0 Å². The van der Waals surface area contributed by atoms with Crippen LogP contribution in [0.4, 0.5) is 0 Å². The van der Waals surface area contributed by atoms with Crippen LogP contribution in [0, 0.1) is 0 Å². The zero-order chi connectivity index (χ0) is 22.8. The third kappa shape index (κ3) is 4.23. The van der Waals surface area contributed by atoms with Gasteiger partial charge in [-0.25, -0.2) is 4.79 Å². The Hall–Kier alpha value is -2.90. The van der Waals surface area contributed by atoms with Crippen LogP contribution in [0.3, 0.4) is 0 Å². The summed E-state index contributed by atoms with van der Waals surface area (Å²) >= 11 is 12.5. The van der Waals surface area contributed by atoms with E-state index in [1.54, 1.807) is 45.9 Å². The molecule has 1 saturated heterocycles. The van der Waals surface area contributed by atoms with E-state index in [4.69, 9.17) is 37.1 Å². The molecule has 0 spiro atoms. The average Bonchev–Trinajstić information content (AvgIpc) is 3.12. The number of hydrogen-bond donors (Lipinski definition) is 0. The van der Waals surface area contributed by atoms with Crippen molar-refractivity contribution in [2.45, 2.75) is 18.9 Å². The molecule has 168 valence electrons. The summed E-state index contributed by atoms with van der Waals surface area (Å²) in [5, 5.41) is 0.915. The number of halogens is 2. The van der Waals surface area contributed by atoms with E-state index in [-0.39, 0.29) is 11.9 Å². The van der Waals surface area contributed by atoms with Gasteiger partial charge in [-0.15, -0.1) is 0 Å². The first-order valence-corrected chi connectivity index (χ1v) is 10.9. The first-order valence-electron chi connectivity index (χ1n) is 10.1. The molecular weight excluding hydrogens is 455 g/mol. The smallest absolute Gasteiger partial charge is 0.420 e. The summed E-state index contributed by atoms with van der Waals surface area (Å²) in [4.78, 5) is 26.8. The highest BCUT2D eigenvalue weighted by atomic mass is 35.5. The molecule has 2 heterocycles. The highest BCUT2D eigenvalue weighted by Crippen LogP contribution is 2.37. The van der Waals surface area contributed by atoms with Gasteiger partial charge in [0, 0.05) is 30.2 Å². The summed E-state index contributed by atoms with van der Waals surface area (Å²) in [5.41, 5.74) is 1.84. The maximum atomic E-state index is 12.7. The predicted molar refractivity (Wildman–Crippen MR) is 124 cm³/mol. The van der Waals surface area contributed by atoms with E-state index >= 15 is 0 Å². The van der Waals surface area contributed by atoms with Gasteiger partial charge in [-0.1, -0.05) is 23.2 Å². The summed E-state index contributed by atoms with van der Waals surface area (Å²) in [5.74, 6) is 0.408. The van der Waals surface area contributed by atoms with Crippen molar-refractivity contribution in [2.24, 2.45) is 0 Å². The highest BCUT2D eigenvalue weighted by molar-refractivity contribution is 6.34. The number of aromatic nitrogens is 1. The van der Waals surface area contributed by atoms with Gasteiger partial charge in [0.25, 0.3) is 0 Å². The molecule has 4 rings (SSSR count). The highest BCUT2D eigenvalue weighted by Gasteiger charge is 2.26. The summed E-state index contributed by atoms with van der Waals surface area (Å²) < 4.78 is 17.5. The van der Waals surface area contributed by atoms with Gasteiger partial charge in [0.05, 0.1) is 24.8 Å². The number of carbonyl (C=O) groups excluding carboxylic acids is 1. The summed E-state index contributed by atoms with van der Waals surface area (Å²) in [6.45, 7) is 1.04. The second-order valence-electron chi connectivity index (χ2n) is 7.44. The van der Waals surface area contributed by atoms with Crippen LogP contribution < -0.4 is 15.2 Å². The van der Waals surface area contributed by atoms with Gasteiger partial charge < -0.3 is 18.8 Å². The molecule has 0 atom stereocenters. The van der Waals surface area contributed by atoms with E-state index in [2.05, 4.69) is 0 Å². The van der Waals surface area contributed by atoms with E-state index in [0.29, 0.717) is 64.1 Å². The molecule has 1 fully saturated rings. The summed E-state index contributed by atoms with van der Waals surface area (Å²) in [6.07, 6.45) is 4.43. The number of nitrogens with zero attached hydrogens (tertiary/aromatic N) is 2. The van der Waals surface area contributed by atoms with Crippen LogP contribution in [0.5, 0.6) is 11.5 Å². The molecular formula is C23H22Cl2N2O5. The van der Waals surface area contributed by atoms with Gasteiger partial charge in [-0.3, -0.25) is 9.36 Å². The molecule has 3 aromatic rings. The Morgan fingerprint density at radius 1 is 1.12 bits per heavy atom. The van der Waals surface area contributed by atoms with Crippen molar-refractivity contribution in [3.63, 3.8) is 0 Å². The van der Waals surface area contributed by atoms with Gasteiger partial charge in [0.1, 0.15) is 0 Å². The van der Waals surface area contributed by atoms with Gasteiger partial charge >= 0.3 is 5.76 Å². The number of carbonyl (C=O) groups is 1. The molecule has 1 amide bonds.